The summed E-state index contributed by atoms with van der Waals surface area (Å²) in [5.74, 6) is 0. The van der Waals surface area contributed by atoms with Gasteiger partial charge < -0.3 is 0 Å². The van der Waals surface area contributed by atoms with Crippen LogP contribution in [0.5, 0.6) is 0 Å². The van der Waals surface area contributed by atoms with Crippen molar-refractivity contribution >= 4 is 48.9 Å². The molecule has 1 heterocycles. The Hall–Kier alpha value is -2.24. The Labute approximate surface area is 154 Å². The maximum absolute atomic E-state index is 10.7. The van der Waals surface area contributed by atoms with E-state index < -0.39 is 11.0 Å². The van der Waals surface area contributed by atoms with Crippen molar-refractivity contribution in [3.63, 3.8) is 0 Å². The average Bonchev–Trinajstić information content (AvgIpc) is 2.99. The average molecular weight is 450 g/mol. The predicted octanol–water partition coefficient (Wildman–Crippen LogP) is 4.63. The number of rotatable bonds is 3. The molecule has 0 spiro atoms. The van der Waals surface area contributed by atoms with E-state index in [9.17, 15) is 15.4 Å². The molecule has 1 aliphatic heterocycles. The predicted molar refractivity (Wildman–Crippen MR) is 98.0 cm³/mol. The topological polar surface area (TPSA) is 82.5 Å². The summed E-state index contributed by atoms with van der Waals surface area (Å²) in [5, 5.41) is 26.4. The number of hydrogen-bond donors (Lipinski definition) is 0. The molecule has 2 aromatic carbocycles. The fraction of sp³-hybridized carbons (Fsp3) is 0.125. The lowest BCUT2D eigenvalue weighted by molar-refractivity contribution is -0.384. The fourth-order valence-electron chi connectivity index (χ4n) is 2.45. The van der Waals surface area contributed by atoms with Gasteiger partial charge in [-0.05, 0) is 51.8 Å². The first kappa shape index (κ1) is 16.6. The number of nitriles is 1. The van der Waals surface area contributed by atoms with Gasteiger partial charge in [0.1, 0.15) is 6.04 Å². The molecule has 0 unspecified atom stereocenters. The van der Waals surface area contributed by atoms with Crippen LogP contribution in [0, 0.1) is 21.4 Å². The number of nitro groups is 1. The molecule has 6 nitrogen and oxygen atoms in total. The van der Waals surface area contributed by atoms with Crippen LogP contribution < -0.4 is 5.01 Å². The Bertz CT molecular complexity index is 875. The summed E-state index contributed by atoms with van der Waals surface area (Å²) < 4.78 is 1.75. The van der Waals surface area contributed by atoms with Crippen LogP contribution in [0.4, 0.5) is 11.4 Å². The summed E-state index contributed by atoms with van der Waals surface area (Å²) in [6.45, 7) is 0. The Kier molecular flexibility index (Phi) is 4.64. The largest absolute Gasteiger partial charge is 0.269 e. The zero-order valence-corrected chi connectivity index (χ0v) is 15.4. The summed E-state index contributed by atoms with van der Waals surface area (Å²) in [6, 6.07) is 13.7. The maximum Gasteiger partial charge on any atom is 0.269 e. The molecule has 24 heavy (non-hydrogen) atoms. The number of nitrogens with zero attached hydrogens (tertiary/aromatic N) is 4. The van der Waals surface area contributed by atoms with Gasteiger partial charge in [-0.15, -0.1) is 0 Å². The second-order valence-electron chi connectivity index (χ2n) is 5.14. The van der Waals surface area contributed by atoms with Gasteiger partial charge in [0, 0.05) is 27.5 Å². The third-order valence-electron chi connectivity index (χ3n) is 3.63. The van der Waals surface area contributed by atoms with Gasteiger partial charge in [-0.1, -0.05) is 15.9 Å². The highest BCUT2D eigenvalue weighted by atomic mass is 79.9. The summed E-state index contributed by atoms with van der Waals surface area (Å²) in [5.41, 5.74) is 2.33. The molecule has 1 atom stereocenters. The molecule has 2 aromatic rings. The van der Waals surface area contributed by atoms with Crippen molar-refractivity contribution < 1.29 is 4.92 Å². The number of hydrogen-bond acceptors (Lipinski definition) is 5. The van der Waals surface area contributed by atoms with Crippen molar-refractivity contribution in [2.45, 2.75) is 12.5 Å². The number of benzene rings is 2. The van der Waals surface area contributed by atoms with Crippen LogP contribution in [0.15, 0.2) is 56.5 Å². The number of non-ortho nitro benzene ring substituents is 1. The van der Waals surface area contributed by atoms with Crippen molar-refractivity contribution in [2.24, 2.45) is 5.10 Å². The molecule has 0 bridgehead atoms. The van der Waals surface area contributed by atoms with Crippen LogP contribution in [-0.4, -0.2) is 16.7 Å². The zero-order chi connectivity index (χ0) is 17.3. The Morgan fingerprint density at radius 2 is 1.96 bits per heavy atom. The monoisotopic (exact) mass is 448 g/mol. The van der Waals surface area contributed by atoms with Crippen molar-refractivity contribution in [1.29, 1.82) is 5.26 Å². The minimum absolute atomic E-state index is 0.0293. The molecule has 0 radical (unpaired) electrons. The Morgan fingerprint density at radius 1 is 1.25 bits per heavy atom. The lowest BCUT2D eigenvalue weighted by Crippen LogP contribution is -2.24. The van der Waals surface area contributed by atoms with Crippen LogP contribution >= 0.6 is 31.9 Å². The highest BCUT2D eigenvalue weighted by Crippen LogP contribution is 2.34. The first-order chi connectivity index (χ1) is 11.5. The molecule has 0 aliphatic carbocycles. The van der Waals surface area contributed by atoms with Gasteiger partial charge in [0.15, 0.2) is 0 Å². The number of hydrazone groups is 1. The highest BCUT2D eigenvalue weighted by molar-refractivity contribution is 9.11. The second-order valence-corrected chi connectivity index (χ2v) is 6.91. The molecule has 3 rings (SSSR count). The van der Waals surface area contributed by atoms with E-state index in [1.807, 2.05) is 18.2 Å². The first-order valence-corrected chi connectivity index (χ1v) is 8.54. The van der Waals surface area contributed by atoms with Gasteiger partial charge in [0.25, 0.3) is 5.69 Å². The number of halogens is 2. The summed E-state index contributed by atoms with van der Waals surface area (Å²) in [6.07, 6.45) is 0.455. The molecule has 120 valence electrons. The van der Waals surface area contributed by atoms with Gasteiger partial charge in [0.2, 0.25) is 0 Å². The third kappa shape index (κ3) is 3.18. The molecular weight excluding hydrogens is 440 g/mol. The summed E-state index contributed by atoms with van der Waals surface area (Å²) in [4.78, 5) is 10.3. The minimum atomic E-state index is -0.441. The lowest BCUT2D eigenvalue weighted by Gasteiger charge is -2.19. The van der Waals surface area contributed by atoms with Gasteiger partial charge >= 0.3 is 0 Å². The van der Waals surface area contributed by atoms with Gasteiger partial charge in [-0.2, -0.15) is 10.4 Å². The molecular formula is C16H10Br2N4O2. The van der Waals surface area contributed by atoms with Crippen molar-refractivity contribution in [3.8, 4) is 6.07 Å². The Morgan fingerprint density at radius 3 is 2.54 bits per heavy atom. The molecule has 0 N–H and O–H groups in total. The van der Waals surface area contributed by atoms with Crippen LogP contribution in [0.3, 0.4) is 0 Å². The van der Waals surface area contributed by atoms with Gasteiger partial charge in [0.05, 0.1) is 22.4 Å². The molecule has 1 aliphatic rings. The standard InChI is InChI=1S/C16H10Br2N4O2/c17-11-3-6-16(14(18)7-11)21-13(9-19)8-15(20-21)10-1-4-12(5-2-10)22(23)24/h1-7,13H,8H2/t13-/m1/s1. The SMILES string of the molecule is N#C[C@H]1CC(c2ccc([N+](=O)[O-])cc2)=NN1c1ccc(Br)cc1Br. The molecule has 0 fully saturated rings. The van der Waals surface area contributed by atoms with Gasteiger partial charge in [-0.25, -0.2) is 5.01 Å². The van der Waals surface area contributed by atoms with Crippen LogP contribution in [-0.2, 0) is 0 Å². The van der Waals surface area contributed by atoms with E-state index in [0.717, 1.165) is 25.9 Å². The van der Waals surface area contributed by atoms with Crippen molar-refractivity contribution in [1.82, 2.24) is 0 Å². The van der Waals surface area contributed by atoms with E-state index in [2.05, 4.69) is 43.0 Å². The smallest absolute Gasteiger partial charge is 0.258 e. The zero-order valence-electron chi connectivity index (χ0n) is 12.2. The van der Waals surface area contributed by atoms with E-state index in [-0.39, 0.29) is 5.69 Å². The number of nitro benzene ring substituents is 1. The molecule has 0 amide bonds. The van der Waals surface area contributed by atoms with Crippen LogP contribution in [0.25, 0.3) is 0 Å². The number of anilines is 1. The van der Waals surface area contributed by atoms with E-state index >= 15 is 0 Å². The van der Waals surface area contributed by atoms with Crippen LogP contribution in [0.1, 0.15) is 12.0 Å². The quantitative estimate of drug-likeness (QED) is 0.505. The third-order valence-corrected chi connectivity index (χ3v) is 4.76. The van der Waals surface area contributed by atoms with E-state index in [0.29, 0.717) is 6.42 Å². The van der Waals surface area contributed by atoms with Crippen LogP contribution in [0.2, 0.25) is 0 Å². The normalized spacial score (nSPS) is 16.6. The van der Waals surface area contributed by atoms with Crippen molar-refractivity contribution in [3.05, 3.63) is 67.1 Å². The second kappa shape index (κ2) is 6.71. The highest BCUT2D eigenvalue weighted by Gasteiger charge is 2.29. The summed E-state index contributed by atoms with van der Waals surface area (Å²) >= 11 is 6.89. The molecule has 0 saturated heterocycles. The van der Waals surface area contributed by atoms with Crippen molar-refractivity contribution in [2.75, 3.05) is 5.01 Å². The fourth-order valence-corrected chi connectivity index (χ4v) is 3.68. The van der Waals surface area contributed by atoms with E-state index in [1.54, 1.807) is 17.1 Å². The lowest BCUT2D eigenvalue weighted by atomic mass is 10.0. The molecule has 0 aromatic heterocycles. The maximum atomic E-state index is 10.7. The molecule has 0 saturated carbocycles. The molecule has 8 heteroatoms. The summed E-state index contributed by atoms with van der Waals surface area (Å²) in [7, 11) is 0. The Balaban J connectivity index is 1.96. The van der Waals surface area contributed by atoms with Gasteiger partial charge in [-0.3, -0.25) is 10.1 Å². The minimum Gasteiger partial charge on any atom is -0.258 e. The first-order valence-electron chi connectivity index (χ1n) is 6.96. The van der Waals surface area contributed by atoms with E-state index in [4.69, 9.17) is 0 Å². The van der Waals surface area contributed by atoms with E-state index in [1.165, 1.54) is 12.1 Å².